The normalized spacial score (nSPS) is 11.7. The number of hydrogen-bond donors (Lipinski definition) is 1. The van der Waals surface area contributed by atoms with Crippen molar-refractivity contribution in [3.63, 3.8) is 0 Å². The van der Waals surface area contributed by atoms with E-state index in [0.717, 1.165) is 16.5 Å². The summed E-state index contributed by atoms with van der Waals surface area (Å²) in [7, 11) is -3.20. The monoisotopic (exact) mass is 299 g/mol. The zero-order chi connectivity index (χ0) is 15.0. The Labute approximate surface area is 122 Å². The number of fused-ring (bicyclic) bond motifs is 1. The molecule has 6 heteroatoms. The third kappa shape index (κ3) is 2.45. The predicted octanol–water partition coefficient (Wildman–Crippen LogP) is 2.28. The molecule has 0 fully saturated rings. The molecule has 2 N–H and O–H groups in total. The molecule has 0 saturated carbocycles. The first-order valence-corrected chi connectivity index (χ1v) is 8.15. The van der Waals surface area contributed by atoms with Crippen LogP contribution in [0, 0.1) is 0 Å². The van der Waals surface area contributed by atoms with Crippen LogP contribution in [0.4, 0.5) is 5.69 Å². The smallest absolute Gasteiger partial charge is 0.175 e. The van der Waals surface area contributed by atoms with E-state index < -0.39 is 9.84 Å². The standard InChI is InChI=1S/C15H13N3O2S/c1-21(19,20)11-6-4-10(5-7-11)13-9-18-15-12(14(13)16)3-2-8-17-15/h2-9H,1H3,(H2,16,17,18). The van der Waals surface area contributed by atoms with E-state index in [0.29, 0.717) is 11.3 Å². The molecule has 3 aromatic rings. The van der Waals surface area contributed by atoms with Crippen molar-refractivity contribution in [2.24, 2.45) is 0 Å². The zero-order valence-electron chi connectivity index (χ0n) is 11.3. The van der Waals surface area contributed by atoms with E-state index in [1.807, 2.05) is 6.07 Å². The van der Waals surface area contributed by atoms with Gasteiger partial charge in [0.05, 0.1) is 10.6 Å². The maximum atomic E-state index is 11.5. The first-order valence-electron chi connectivity index (χ1n) is 6.26. The van der Waals surface area contributed by atoms with Crippen LogP contribution in [-0.2, 0) is 9.84 Å². The van der Waals surface area contributed by atoms with E-state index in [1.165, 1.54) is 6.26 Å². The molecule has 0 amide bonds. The second kappa shape index (κ2) is 4.82. The minimum atomic E-state index is -3.20. The average Bonchev–Trinajstić information content (AvgIpc) is 2.47. The summed E-state index contributed by atoms with van der Waals surface area (Å²) in [6.45, 7) is 0. The van der Waals surface area contributed by atoms with Crippen molar-refractivity contribution in [2.75, 3.05) is 12.0 Å². The number of rotatable bonds is 2. The molecule has 0 spiro atoms. The zero-order valence-corrected chi connectivity index (χ0v) is 12.1. The number of benzene rings is 1. The van der Waals surface area contributed by atoms with Gasteiger partial charge in [-0.2, -0.15) is 0 Å². The molecule has 106 valence electrons. The van der Waals surface area contributed by atoms with Crippen LogP contribution in [0.15, 0.2) is 53.7 Å². The van der Waals surface area contributed by atoms with Gasteiger partial charge in [-0.3, -0.25) is 0 Å². The van der Waals surface area contributed by atoms with Crippen LogP contribution >= 0.6 is 0 Å². The fourth-order valence-electron chi connectivity index (χ4n) is 2.16. The van der Waals surface area contributed by atoms with Gasteiger partial charge < -0.3 is 5.73 Å². The molecule has 0 aliphatic rings. The van der Waals surface area contributed by atoms with Crippen LogP contribution in [0.5, 0.6) is 0 Å². The quantitative estimate of drug-likeness (QED) is 0.784. The number of anilines is 1. The van der Waals surface area contributed by atoms with Gasteiger partial charge in [0.1, 0.15) is 0 Å². The summed E-state index contributed by atoms with van der Waals surface area (Å²) in [5, 5.41) is 0.780. The summed E-state index contributed by atoms with van der Waals surface area (Å²) in [5.41, 5.74) is 8.93. The number of nitrogens with two attached hydrogens (primary N) is 1. The molecule has 0 unspecified atom stereocenters. The lowest BCUT2D eigenvalue weighted by Crippen LogP contribution is -1.98. The Morgan fingerprint density at radius 1 is 1.05 bits per heavy atom. The maximum absolute atomic E-state index is 11.5. The van der Waals surface area contributed by atoms with Gasteiger partial charge in [-0.1, -0.05) is 12.1 Å². The van der Waals surface area contributed by atoms with Crippen molar-refractivity contribution >= 4 is 26.6 Å². The highest BCUT2D eigenvalue weighted by molar-refractivity contribution is 7.90. The summed E-state index contributed by atoms with van der Waals surface area (Å²) >= 11 is 0. The van der Waals surface area contributed by atoms with Gasteiger partial charge in [-0.25, -0.2) is 18.4 Å². The fourth-order valence-corrected chi connectivity index (χ4v) is 2.79. The lowest BCUT2D eigenvalue weighted by Gasteiger charge is -2.08. The van der Waals surface area contributed by atoms with Gasteiger partial charge in [0.15, 0.2) is 15.5 Å². The summed E-state index contributed by atoms with van der Waals surface area (Å²) in [6, 6.07) is 10.3. The number of nitrogen functional groups attached to an aromatic ring is 1. The second-order valence-corrected chi connectivity index (χ2v) is 6.77. The largest absolute Gasteiger partial charge is 0.398 e. The number of sulfone groups is 1. The van der Waals surface area contributed by atoms with E-state index in [-0.39, 0.29) is 4.90 Å². The first-order chi connectivity index (χ1) is 9.97. The summed E-state index contributed by atoms with van der Waals surface area (Å²) < 4.78 is 23.0. The molecule has 0 saturated heterocycles. The van der Waals surface area contributed by atoms with E-state index in [9.17, 15) is 8.42 Å². The molecule has 0 radical (unpaired) electrons. The fraction of sp³-hybridized carbons (Fsp3) is 0.0667. The predicted molar refractivity (Wildman–Crippen MR) is 82.5 cm³/mol. The van der Waals surface area contributed by atoms with Crippen LogP contribution in [0.2, 0.25) is 0 Å². The van der Waals surface area contributed by atoms with Crippen molar-refractivity contribution in [1.29, 1.82) is 0 Å². The Bertz CT molecular complexity index is 919. The highest BCUT2D eigenvalue weighted by Gasteiger charge is 2.10. The minimum absolute atomic E-state index is 0.278. The van der Waals surface area contributed by atoms with Gasteiger partial charge in [0, 0.05) is 29.6 Å². The van der Waals surface area contributed by atoms with Crippen molar-refractivity contribution in [1.82, 2.24) is 9.97 Å². The van der Waals surface area contributed by atoms with Crippen molar-refractivity contribution in [3.8, 4) is 11.1 Å². The van der Waals surface area contributed by atoms with E-state index in [4.69, 9.17) is 5.73 Å². The Morgan fingerprint density at radius 2 is 1.76 bits per heavy atom. The van der Waals surface area contributed by atoms with Gasteiger partial charge in [0.2, 0.25) is 0 Å². The third-order valence-corrected chi connectivity index (χ3v) is 4.40. The Morgan fingerprint density at radius 3 is 2.43 bits per heavy atom. The molecular formula is C15H13N3O2S. The number of pyridine rings is 2. The second-order valence-electron chi connectivity index (χ2n) is 4.76. The highest BCUT2D eigenvalue weighted by atomic mass is 32.2. The van der Waals surface area contributed by atoms with E-state index in [1.54, 1.807) is 42.7 Å². The lowest BCUT2D eigenvalue weighted by molar-refractivity contribution is 0.602. The van der Waals surface area contributed by atoms with Crippen LogP contribution in [0.3, 0.4) is 0 Å². The van der Waals surface area contributed by atoms with Gasteiger partial charge in [-0.05, 0) is 29.8 Å². The van der Waals surface area contributed by atoms with Crippen LogP contribution < -0.4 is 5.73 Å². The molecule has 0 aliphatic carbocycles. The summed E-state index contributed by atoms with van der Waals surface area (Å²) in [4.78, 5) is 8.71. The van der Waals surface area contributed by atoms with Crippen molar-refractivity contribution < 1.29 is 8.42 Å². The number of hydrogen-bond acceptors (Lipinski definition) is 5. The number of aromatic nitrogens is 2. The van der Waals surface area contributed by atoms with E-state index in [2.05, 4.69) is 9.97 Å². The topological polar surface area (TPSA) is 85.9 Å². The maximum Gasteiger partial charge on any atom is 0.175 e. The SMILES string of the molecule is CS(=O)(=O)c1ccc(-c2cnc3ncccc3c2N)cc1. The molecule has 0 aliphatic heterocycles. The van der Waals surface area contributed by atoms with Gasteiger partial charge in [-0.15, -0.1) is 0 Å². The molecule has 0 atom stereocenters. The average molecular weight is 299 g/mol. The summed E-state index contributed by atoms with van der Waals surface area (Å²) in [6.07, 6.45) is 4.50. The molecule has 0 bridgehead atoms. The van der Waals surface area contributed by atoms with Crippen LogP contribution in [-0.4, -0.2) is 24.6 Å². The van der Waals surface area contributed by atoms with Crippen molar-refractivity contribution in [2.45, 2.75) is 4.90 Å². The Kier molecular flexibility index (Phi) is 3.10. The third-order valence-electron chi connectivity index (χ3n) is 3.28. The van der Waals surface area contributed by atoms with Crippen molar-refractivity contribution in [3.05, 3.63) is 48.8 Å². The Balaban J connectivity index is 2.15. The van der Waals surface area contributed by atoms with Gasteiger partial charge in [0.25, 0.3) is 0 Å². The molecule has 5 nitrogen and oxygen atoms in total. The first kappa shape index (κ1) is 13.5. The van der Waals surface area contributed by atoms with Crippen LogP contribution in [0.25, 0.3) is 22.2 Å². The minimum Gasteiger partial charge on any atom is -0.398 e. The molecule has 3 rings (SSSR count). The molecule has 2 aromatic heterocycles. The lowest BCUT2D eigenvalue weighted by atomic mass is 10.0. The number of nitrogens with zero attached hydrogens (tertiary/aromatic N) is 2. The molecule has 21 heavy (non-hydrogen) atoms. The van der Waals surface area contributed by atoms with E-state index >= 15 is 0 Å². The molecular weight excluding hydrogens is 286 g/mol. The van der Waals surface area contributed by atoms with Crippen LogP contribution in [0.1, 0.15) is 0 Å². The van der Waals surface area contributed by atoms with Gasteiger partial charge >= 0.3 is 0 Å². The Hall–Kier alpha value is -2.47. The molecule has 2 heterocycles. The highest BCUT2D eigenvalue weighted by Crippen LogP contribution is 2.30. The molecule has 1 aromatic carbocycles. The summed E-state index contributed by atoms with van der Waals surface area (Å²) in [5.74, 6) is 0.